The number of ether oxygens (including phenoxy) is 1. The molecule has 2 atom stereocenters. The number of aromatic nitrogens is 4. The molecule has 2 aromatic rings. The molecule has 1 saturated heterocycles. The van der Waals surface area contributed by atoms with E-state index in [2.05, 4.69) is 41.8 Å². The van der Waals surface area contributed by atoms with E-state index in [1.54, 1.807) is 13.3 Å². The zero-order valence-corrected chi connectivity index (χ0v) is 14.7. The van der Waals surface area contributed by atoms with E-state index in [1.807, 2.05) is 13.1 Å². The van der Waals surface area contributed by atoms with Crippen molar-refractivity contribution in [2.75, 3.05) is 37.5 Å². The summed E-state index contributed by atoms with van der Waals surface area (Å²) < 4.78 is 5.68. The summed E-state index contributed by atoms with van der Waals surface area (Å²) in [6, 6.07) is 4.36. The maximum absolute atomic E-state index is 5.68. The summed E-state index contributed by atoms with van der Waals surface area (Å²) in [6.45, 7) is 2.43. The summed E-state index contributed by atoms with van der Waals surface area (Å²) >= 11 is 0. The van der Waals surface area contributed by atoms with Crippen LogP contribution < -0.4 is 15.5 Å². The van der Waals surface area contributed by atoms with Crippen LogP contribution in [-0.4, -0.2) is 59.6 Å². The van der Waals surface area contributed by atoms with Crippen LogP contribution in [0.2, 0.25) is 0 Å². The topological polar surface area (TPSA) is 91.0 Å². The monoisotopic (exact) mass is 343 g/mol. The molecule has 2 aliphatic rings. The highest BCUT2D eigenvalue weighted by Gasteiger charge is 2.33. The lowest BCUT2D eigenvalue weighted by Gasteiger charge is -2.18. The van der Waals surface area contributed by atoms with Crippen molar-refractivity contribution in [3.05, 3.63) is 29.7 Å². The van der Waals surface area contributed by atoms with Crippen LogP contribution in [0.4, 0.5) is 11.8 Å². The van der Waals surface area contributed by atoms with Gasteiger partial charge in [0.05, 0.1) is 17.8 Å². The van der Waals surface area contributed by atoms with Gasteiger partial charge >= 0.3 is 0 Å². The molecule has 0 aromatic carbocycles. The van der Waals surface area contributed by atoms with Crippen molar-refractivity contribution in [2.24, 2.45) is 0 Å². The van der Waals surface area contributed by atoms with Crippen LogP contribution in [0.5, 0.6) is 0 Å². The third-order valence-corrected chi connectivity index (χ3v) is 4.96. The van der Waals surface area contributed by atoms with Gasteiger partial charge in [-0.15, -0.1) is 0 Å². The van der Waals surface area contributed by atoms with E-state index in [1.165, 1.54) is 18.5 Å². The highest BCUT2D eigenvalue weighted by Crippen LogP contribution is 2.39. The fourth-order valence-corrected chi connectivity index (χ4v) is 3.34. The van der Waals surface area contributed by atoms with Gasteiger partial charge in [-0.3, -0.25) is 5.10 Å². The molecule has 3 N–H and O–H groups in total. The predicted octanol–water partition coefficient (Wildman–Crippen LogP) is 1.11. The second-order valence-corrected chi connectivity index (χ2v) is 6.75. The minimum absolute atomic E-state index is 0.124. The molecule has 0 radical (unpaired) electrons. The molecule has 134 valence electrons. The Morgan fingerprint density at radius 1 is 1.36 bits per heavy atom. The SMILES string of the molecule is CNc1nccc(N2C[C@H](OC)[C@H](NCc3cc(C4CC4)n[nH]3)C2)n1. The normalized spacial score (nSPS) is 23.2. The Bertz CT molecular complexity index is 715. The zero-order chi connectivity index (χ0) is 17.2. The molecular weight excluding hydrogens is 318 g/mol. The number of anilines is 2. The van der Waals surface area contributed by atoms with E-state index in [4.69, 9.17) is 4.74 Å². The highest BCUT2D eigenvalue weighted by atomic mass is 16.5. The first-order valence-corrected chi connectivity index (χ1v) is 8.83. The molecule has 0 spiro atoms. The first kappa shape index (κ1) is 16.3. The summed E-state index contributed by atoms with van der Waals surface area (Å²) in [5.74, 6) is 2.23. The number of hydrogen-bond donors (Lipinski definition) is 3. The van der Waals surface area contributed by atoms with Gasteiger partial charge in [-0.2, -0.15) is 10.1 Å². The van der Waals surface area contributed by atoms with Crippen molar-refractivity contribution in [2.45, 2.75) is 37.5 Å². The Hall–Kier alpha value is -2.19. The van der Waals surface area contributed by atoms with Gasteiger partial charge in [0.2, 0.25) is 5.95 Å². The van der Waals surface area contributed by atoms with Gasteiger partial charge in [0.1, 0.15) is 5.82 Å². The summed E-state index contributed by atoms with van der Waals surface area (Å²) in [5.41, 5.74) is 2.34. The van der Waals surface area contributed by atoms with Crippen LogP contribution in [0.25, 0.3) is 0 Å². The molecule has 1 saturated carbocycles. The lowest BCUT2D eigenvalue weighted by atomic mass is 10.2. The second-order valence-electron chi connectivity index (χ2n) is 6.75. The fourth-order valence-electron chi connectivity index (χ4n) is 3.34. The number of H-pyrrole nitrogens is 1. The van der Waals surface area contributed by atoms with Crippen molar-refractivity contribution in [3.63, 3.8) is 0 Å². The zero-order valence-electron chi connectivity index (χ0n) is 14.7. The minimum Gasteiger partial charge on any atom is -0.378 e. The lowest BCUT2D eigenvalue weighted by molar-refractivity contribution is 0.0965. The summed E-state index contributed by atoms with van der Waals surface area (Å²) in [7, 11) is 3.59. The Morgan fingerprint density at radius 2 is 2.24 bits per heavy atom. The largest absolute Gasteiger partial charge is 0.378 e. The highest BCUT2D eigenvalue weighted by molar-refractivity contribution is 5.44. The fraction of sp³-hybridized carbons (Fsp3) is 0.588. The van der Waals surface area contributed by atoms with Gasteiger partial charge in [-0.1, -0.05) is 0 Å². The Kier molecular flexibility index (Phi) is 4.54. The molecule has 1 aliphatic heterocycles. The third kappa shape index (κ3) is 3.59. The number of methoxy groups -OCH3 is 1. The molecule has 0 amide bonds. The summed E-state index contributed by atoms with van der Waals surface area (Å²) in [4.78, 5) is 10.9. The van der Waals surface area contributed by atoms with Crippen molar-refractivity contribution in [3.8, 4) is 0 Å². The van der Waals surface area contributed by atoms with Crippen LogP contribution >= 0.6 is 0 Å². The van der Waals surface area contributed by atoms with Gasteiger partial charge < -0.3 is 20.3 Å². The molecule has 1 aliphatic carbocycles. The van der Waals surface area contributed by atoms with E-state index < -0.39 is 0 Å². The molecular formula is C17H25N7O. The number of rotatable bonds is 7. The quantitative estimate of drug-likeness (QED) is 0.694. The summed E-state index contributed by atoms with van der Waals surface area (Å²) in [5, 5.41) is 14.1. The van der Waals surface area contributed by atoms with Crippen LogP contribution in [0, 0.1) is 0 Å². The molecule has 0 bridgehead atoms. The minimum atomic E-state index is 0.124. The van der Waals surface area contributed by atoms with Gasteiger partial charge in [0.25, 0.3) is 0 Å². The average Bonchev–Trinajstić information content (AvgIpc) is 3.25. The van der Waals surface area contributed by atoms with Crippen LogP contribution in [0.3, 0.4) is 0 Å². The van der Waals surface area contributed by atoms with E-state index >= 15 is 0 Å². The van der Waals surface area contributed by atoms with Crippen molar-refractivity contribution < 1.29 is 4.74 Å². The number of nitrogens with zero attached hydrogens (tertiary/aromatic N) is 4. The molecule has 25 heavy (non-hydrogen) atoms. The van der Waals surface area contributed by atoms with E-state index in [9.17, 15) is 0 Å². The Morgan fingerprint density at radius 3 is 3.00 bits per heavy atom. The average molecular weight is 343 g/mol. The van der Waals surface area contributed by atoms with Gasteiger partial charge in [0.15, 0.2) is 0 Å². The first-order valence-electron chi connectivity index (χ1n) is 8.83. The third-order valence-electron chi connectivity index (χ3n) is 4.96. The van der Waals surface area contributed by atoms with Crippen molar-refractivity contribution in [1.29, 1.82) is 0 Å². The van der Waals surface area contributed by atoms with Crippen LogP contribution in [0.15, 0.2) is 18.3 Å². The van der Waals surface area contributed by atoms with E-state index in [-0.39, 0.29) is 12.1 Å². The molecule has 4 rings (SSSR count). The maximum atomic E-state index is 5.68. The van der Waals surface area contributed by atoms with E-state index in [0.717, 1.165) is 31.1 Å². The summed E-state index contributed by atoms with van der Waals surface area (Å²) in [6.07, 6.45) is 4.45. The van der Waals surface area contributed by atoms with Crippen molar-refractivity contribution in [1.82, 2.24) is 25.5 Å². The molecule has 2 fully saturated rings. The smallest absolute Gasteiger partial charge is 0.224 e. The van der Waals surface area contributed by atoms with Gasteiger partial charge in [-0.25, -0.2) is 4.98 Å². The van der Waals surface area contributed by atoms with Crippen molar-refractivity contribution >= 4 is 11.8 Å². The Balaban J connectivity index is 1.38. The molecule has 3 heterocycles. The predicted molar refractivity (Wildman–Crippen MR) is 95.8 cm³/mol. The van der Waals surface area contributed by atoms with Crippen LogP contribution in [-0.2, 0) is 11.3 Å². The number of hydrogen-bond acceptors (Lipinski definition) is 7. The van der Waals surface area contributed by atoms with Crippen LogP contribution in [0.1, 0.15) is 30.1 Å². The van der Waals surface area contributed by atoms with Gasteiger partial charge in [0, 0.05) is 51.6 Å². The molecule has 8 nitrogen and oxygen atoms in total. The standard InChI is InChI=1S/C17H25N7O/c1-18-17-19-6-5-16(21-17)24-9-14(15(10-24)25-2)20-8-12-7-13(23-22-12)11-3-4-11/h5-7,11,14-15,20H,3-4,8-10H2,1-2H3,(H,22,23)(H,18,19,21)/t14-,15+/m1/s1. The Labute approximate surface area is 147 Å². The molecule has 0 unspecified atom stereocenters. The number of aromatic amines is 1. The second kappa shape index (κ2) is 6.97. The molecule has 2 aromatic heterocycles. The number of nitrogens with one attached hydrogen (secondary N) is 3. The molecule has 8 heteroatoms. The van der Waals surface area contributed by atoms with E-state index in [0.29, 0.717) is 11.9 Å². The lowest BCUT2D eigenvalue weighted by Crippen LogP contribution is -2.39. The first-order chi connectivity index (χ1) is 12.3. The van der Waals surface area contributed by atoms with Gasteiger partial charge in [-0.05, 0) is 25.0 Å². The maximum Gasteiger partial charge on any atom is 0.224 e.